The minimum atomic E-state index is -0.959. The van der Waals surface area contributed by atoms with Crippen molar-refractivity contribution in [3.63, 3.8) is 0 Å². The van der Waals surface area contributed by atoms with E-state index >= 15 is 0 Å². The number of amides is 1. The van der Waals surface area contributed by atoms with E-state index in [2.05, 4.69) is 15.2 Å². The molecule has 142 valence electrons. The number of nitrogens with zero attached hydrogens (tertiary/aromatic N) is 6. The smallest absolute Gasteiger partial charge is 0.407 e. The maximum atomic E-state index is 11.3. The Morgan fingerprint density at radius 2 is 2.26 bits per heavy atom. The summed E-state index contributed by atoms with van der Waals surface area (Å²) in [6.45, 7) is 2.92. The van der Waals surface area contributed by atoms with Crippen LogP contribution in [0, 0.1) is 0 Å². The molecule has 0 spiro atoms. The summed E-state index contributed by atoms with van der Waals surface area (Å²) in [6.07, 6.45) is 6.10. The minimum Gasteiger partial charge on any atom is -0.473 e. The van der Waals surface area contributed by atoms with Gasteiger partial charge in [-0.3, -0.25) is 4.68 Å². The van der Waals surface area contributed by atoms with Crippen LogP contribution in [-0.2, 0) is 11.8 Å². The lowest BCUT2D eigenvalue weighted by Gasteiger charge is -2.38. The molecule has 3 aromatic rings. The first kappa shape index (κ1) is 17.3. The summed E-state index contributed by atoms with van der Waals surface area (Å²) in [5, 5.41) is 17.7. The van der Waals surface area contributed by atoms with Crippen molar-refractivity contribution in [2.24, 2.45) is 7.05 Å². The van der Waals surface area contributed by atoms with Gasteiger partial charge in [-0.15, -0.1) is 0 Å². The highest BCUT2D eigenvalue weighted by molar-refractivity contribution is 5.65. The van der Waals surface area contributed by atoms with E-state index in [1.165, 1.54) is 4.90 Å². The van der Waals surface area contributed by atoms with Crippen molar-refractivity contribution in [1.29, 1.82) is 0 Å². The van der Waals surface area contributed by atoms with Crippen LogP contribution in [-0.4, -0.2) is 72.4 Å². The summed E-state index contributed by atoms with van der Waals surface area (Å²) in [7, 11) is 1.84. The van der Waals surface area contributed by atoms with Crippen molar-refractivity contribution in [2.45, 2.75) is 12.5 Å². The fourth-order valence-electron chi connectivity index (χ4n) is 3.10. The quantitative estimate of drug-likeness (QED) is 0.735. The van der Waals surface area contributed by atoms with E-state index in [-0.39, 0.29) is 13.2 Å². The fourth-order valence-corrected chi connectivity index (χ4v) is 3.10. The highest BCUT2D eigenvalue weighted by Gasteiger charge is 2.35. The van der Waals surface area contributed by atoms with Crippen molar-refractivity contribution in [3.05, 3.63) is 30.9 Å². The maximum absolute atomic E-state index is 11.3. The molecule has 0 radical (unpaired) electrons. The Balaban J connectivity index is 1.60. The number of aryl methyl sites for hydroxylation is 1. The molecular weight excluding hydrogens is 352 g/mol. The van der Waals surface area contributed by atoms with Crippen molar-refractivity contribution >= 4 is 11.6 Å². The number of hydrogen-bond donors (Lipinski definition) is 1. The van der Waals surface area contributed by atoms with Crippen LogP contribution in [0.15, 0.2) is 30.9 Å². The predicted molar refractivity (Wildman–Crippen MR) is 94.6 cm³/mol. The first-order chi connectivity index (χ1) is 12.9. The van der Waals surface area contributed by atoms with Crippen LogP contribution in [0.5, 0.6) is 5.88 Å². The largest absolute Gasteiger partial charge is 0.473 e. The van der Waals surface area contributed by atoms with E-state index in [9.17, 15) is 9.90 Å². The SMILES string of the molecule is Cn1cc(-c2cn3nccc3c(OC[C@]3(C)CN(C(=O)O)CCO3)n2)cn1. The molecule has 4 heterocycles. The molecule has 1 saturated heterocycles. The van der Waals surface area contributed by atoms with Crippen LogP contribution in [0.3, 0.4) is 0 Å². The van der Waals surface area contributed by atoms with Gasteiger partial charge in [0.1, 0.15) is 17.7 Å². The number of morpholine rings is 1. The molecule has 3 aromatic heterocycles. The zero-order valence-corrected chi connectivity index (χ0v) is 15.1. The average Bonchev–Trinajstić information content (AvgIpc) is 3.28. The molecule has 0 unspecified atom stereocenters. The molecule has 1 amide bonds. The van der Waals surface area contributed by atoms with Gasteiger partial charge in [0.15, 0.2) is 0 Å². The third-order valence-electron chi connectivity index (χ3n) is 4.48. The van der Waals surface area contributed by atoms with Gasteiger partial charge in [0.05, 0.1) is 37.4 Å². The second-order valence-electron chi connectivity index (χ2n) is 6.79. The number of carbonyl (C=O) groups is 1. The number of carboxylic acid groups (broad SMARTS) is 1. The topological polar surface area (TPSA) is 107 Å². The molecule has 27 heavy (non-hydrogen) atoms. The van der Waals surface area contributed by atoms with Crippen LogP contribution in [0.25, 0.3) is 16.8 Å². The van der Waals surface area contributed by atoms with Gasteiger partial charge in [-0.05, 0) is 13.0 Å². The van der Waals surface area contributed by atoms with Crippen LogP contribution in [0.4, 0.5) is 4.79 Å². The molecular formula is C17H20N6O4. The molecule has 0 aromatic carbocycles. The minimum absolute atomic E-state index is 0.168. The van der Waals surface area contributed by atoms with Gasteiger partial charge >= 0.3 is 6.09 Å². The van der Waals surface area contributed by atoms with E-state index in [4.69, 9.17) is 9.47 Å². The second kappa shape index (κ2) is 6.54. The van der Waals surface area contributed by atoms with Crippen molar-refractivity contribution in [1.82, 2.24) is 29.3 Å². The number of rotatable bonds is 4. The molecule has 4 rings (SSSR count). The normalized spacial score (nSPS) is 20.1. The van der Waals surface area contributed by atoms with Crippen molar-refractivity contribution in [3.8, 4) is 17.1 Å². The van der Waals surface area contributed by atoms with Gasteiger partial charge in [0.2, 0.25) is 5.88 Å². The summed E-state index contributed by atoms with van der Waals surface area (Å²) in [4.78, 5) is 17.2. The summed E-state index contributed by atoms with van der Waals surface area (Å²) in [5.74, 6) is 0.408. The molecule has 1 fully saturated rings. The van der Waals surface area contributed by atoms with Gasteiger partial charge in [-0.1, -0.05) is 0 Å². The Bertz CT molecular complexity index is 983. The molecule has 10 nitrogen and oxygen atoms in total. The predicted octanol–water partition coefficient (Wildman–Crippen LogP) is 1.28. The van der Waals surface area contributed by atoms with Crippen LogP contribution >= 0.6 is 0 Å². The van der Waals surface area contributed by atoms with Gasteiger partial charge in [0.25, 0.3) is 0 Å². The molecule has 1 aliphatic heterocycles. The zero-order valence-electron chi connectivity index (χ0n) is 15.1. The lowest BCUT2D eigenvalue weighted by molar-refractivity contribution is -0.110. The third kappa shape index (κ3) is 3.43. The summed E-state index contributed by atoms with van der Waals surface area (Å²) >= 11 is 0. The van der Waals surface area contributed by atoms with Gasteiger partial charge < -0.3 is 19.5 Å². The number of ether oxygens (including phenoxy) is 2. The fraction of sp³-hybridized carbons (Fsp3) is 0.412. The number of aromatic nitrogens is 5. The monoisotopic (exact) mass is 372 g/mol. The Morgan fingerprint density at radius 1 is 1.41 bits per heavy atom. The molecule has 0 aliphatic carbocycles. The standard InChI is InChI=1S/C17H20N6O4/c1-17(10-22(16(24)25)5-6-27-17)11-26-15-14-3-4-18-23(14)9-13(20-15)12-7-19-21(2)8-12/h3-4,7-9H,5-6,10-11H2,1-2H3,(H,24,25)/t17-/m0/s1. The Morgan fingerprint density at radius 3 is 3.00 bits per heavy atom. The molecule has 1 atom stereocenters. The molecule has 0 saturated carbocycles. The van der Waals surface area contributed by atoms with Crippen molar-refractivity contribution < 1.29 is 19.4 Å². The Kier molecular flexibility index (Phi) is 4.19. The lowest BCUT2D eigenvalue weighted by Crippen LogP contribution is -2.54. The summed E-state index contributed by atoms with van der Waals surface area (Å²) < 4.78 is 15.1. The molecule has 1 aliphatic rings. The van der Waals surface area contributed by atoms with E-state index in [0.29, 0.717) is 24.7 Å². The van der Waals surface area contributed by atoms with E-state index in [0.717, 1.165) is 11.1 Å². The molecule has 0 bridgehead atoms. The van der Waals surface area contributed by atoms with Gasteiger partial charge in [-0.2, -0.15) is 10.2 Å². The summed E-state index contributed by atoms with van der Waals surface area (Å²) in [6, 6.07) is 1.81. The van der Waals surface area contributed by atoms with Gasteiger partial charge in [-0.25, -0.2) is 14.3 Å². The molecule has 1 N–H and O–H groups in total. The average molecular weight is 372 g/mol. The molecule has 10 heteroatoms. The Labute approximate surface area is 154 Å². The first-order valence-electron chi connectivity index (χ1n) is 8.52. The highest BCUT2D eigenvalue weighted by Crippen LogP contribution is 2.25. The number of hydrogen-bond acceptors (Lipinski definition) is 6. The van der Waals surface area contributed by atoms with Crippen LogP contribution < -0.4 is 4.74 Å². The van der Waals surface area contributed by atoms with Gasteiger partial charge in [0, 0.05) is 25.4 Å². The van der Waals surface area contributed by atoms with Crippen LogP contribution in [0.2, 0.25) is 0 Å². The van der Waals surface area contributed by atoms with E-state index in [1.807, 2.05) is 32.4 Å². The summed E-state index contributed by atoms with van der Waals surface area (Å²) in [5.41, 5.74) is 1.49. The first-order valence-corrected chi connectivity index (χ1v) is 8.52. The second-order valence-corrected chi connectivity index (χ2v) is 6.79. The van der Waals surface area contributed by atoms with Crippen molar-refractivity contribution in [2.75, 3.05) is 26.3 Å². The zero-order chi connectivity index (χ0) is 19.0. The van der Waals surface area contributed by atoms with E-state index < -0.39 is 11.7 Å². The van der Waals surface area contributed by atoms with E-state index in [1.54, 1.807) is 21.6 Å². The third-order valence-corrected chi connectivity index (χ3v) is 4.48. The Hall–Kier alpha value is -3.14. The lowest BCUT2D eigenvalue weighted by atomic mass is 10.1. The number of fused-ring (bicyclic) bond motifs is 1. The maximum Gasteiger partial charge on any atom is 0.407 e. The highest BCUT2D eigenvalue weighted by atomic mass is 16.5. The van der Waals surface area contributed by atoms with Crippen LogP contribution in [0.1, 0.15) is 6.92 Å².